The molecule has 0 aliphatic carbocycles. The Balaban J connectivity index is 2.61. The summed E-state index contributed by atoms with van der Waals surface area (Å²) in [5.41, 5.74) is 0.950. The lowest BCUT2D eigenvalue weighted by Crippen LogP contribution is -1.97. The molecule has 4 nitrogen and oxygen atoms in total. The highest BCUT2D eigenvalue weighted by Crippen LogP contribution is 2.24. The molecule has 74 valence electrons. The van der Waals surface area contributed by atoms with E-state index in [9.17, 15) is 13.2 Å². The first-order valence-electron chi connectivity index (χ1n) is 3.73. The van der Waals surface area contributed by atoms with Crippen molar-refractivity contribution in [3.63, 3.8) is 0 Å². The van der Waals surface area contributed by atoms with Crippen LogP contribution in [0, 0.1) is 0 Å². The first-order chi connectivity index (χ1) is 6.48. The van der Waals surface area contributed by atoms with Gasteiger partial charge in [0.15, 0.2) is 0 Å². The number of ether oxygens (including phenoxy) is 1. The van der Waals surface area contributed by atoms with E-state index < -0.39 is 15.0 Å². The lowest BCUT2D eigenvalue weighted by Gasteiger charge is -1.97. The molecule has 0 fully saturated rings. The van der Waals surface area contributed by atoms with Gasteiger partial charge in [-0.05, 0) is 12.1 Å². The van der Waals surface area contributed by atoms with Crippen LogP contribution >= 0.6 is 10.7 Å². The minimum Gasteiger partial charge on any atom is -0.457 e. The van der Waals surface area contributed by atoms with Crippen LogP contribution in [0.4, 0.5) is 0 Å². The number of carbonyl (C=O) groups excluding carboxylic acids is 1. The average Bonchev–Trinajstić information content (AvgIpc) is 2.46. The number of carbonyl (C=O) groups is 1. The number of cyclic esters (lactones) is 1. The van der Waals surface area contributed by atoms with E-state index in [0.29, 0.717) is 5.56 Å². The Hall–Kier alpha value is -1.07. The van der Waals surface area contributed by atoms with Crippen LogP contribution in [0.1, 0.15) is 15.9 Å². The summed E-state index contributed by atoms with van der Waals surface area (Å²) in [5.74, 6) is -0.512. The lowest BCUT2D eigenvalue weighted by molar-refractivity contribution is 0.0535. The van der Waals surface area contributed by atoms with E-state index >= 15 is 0 Å². The molecule has 0 radical (unpaired) electrons. The molecular formula is C8H5ClO4S. The minimum absolute atomic E-state index is 0.0863. The normalized spacial score (nSPS) is 15.1. The second kappa shape index (κ2) is 2.96. The summed E-state index contributed by atoms with van der Waals surface area (Å²) in [6, 6.07) is 4.10. The van der Waals surface area contributed by atoms with Crippen molar-refractivity contribution in [1.29, 1.82) is 0 Å². The third-order valence-corrected chi connectivity index (χ3v) is 3.29. The van der Waals surface area contributed by atoms with E-state index in [4.69, 9.17) is 15.4 Å². The smallest absolute Gasteiger partial charge is 0.338 e. The SMILES string of the molecule is O=C1OCc2ccc(S(=O)(=O)Cl)cc21. The Kier molecular flexibility index (Phi) is 2.01. The van der Waals surface area contributed by atoms with Gasteiger partial charge in [0.25, 0.3) is 9.05 Å². The molecule has 0 amide bonds. The largest absolute Gasteiger partial charge is 0.457 e. The van der Waals surface area contributed by atoms with Crippen molar-refractivity contribution in [2.75, 3.05) is 0 Å². The summed E-state index contributed by atoms with van der Waals surface area (Å²) < 4.78 is 26.6. The zero-order valence-electron chi connectivity index (χ0n) is 6.86. The van der Waals surface area contributed by atoms with E-state index in [1.165, 1.54) is 18.2 Å². The zero-order chi connectivity index (χ0) is 10.3. The summed E-state index contributed by atoms with van der Waals surface area (Å²) in [4.78, 5) is 11.0. The van der Waals surface area contributed by atoms with Crippen molar-refractivity contribution in [2.45, 2.75) is 11.5 Å². The van der Waals surface area contributed by atoms with Crippen LogP contribution in [0.15, 0.2) is 23.1 Å². The Morgan fingerprint density at radius 3 is 2.71 bits per heavy atom. The predicted molar refractivity (Wildman–Crippen MR) is 48.6 cm³/mol. The van der Waals surface area contributed by atoms with Crippen LogP contribution in [-0.4, -0.2) is 14.4 Å². The maximum absolute atomic E-state index is 11.1. The fourth-order valence-electron chi connectivity index (χ4n) is 1.24. The predicted octanol–water partition coefficient (Wildman–Crippen LogP) is 1.28. The molecule has 1 aromatic carbocycles. The fraction of sp³-hybridized carbons (Fsp3) is 0.125. The Morgan fingerprint density at radius 1 is 1.36 bits per heavy atom. The van der Waals surface area contributed by atoms with Gasteiger partial charge in [0.2, 0.25) is 0 Å². The van der Waals surface area contributed by atoms with Crippen molar-refractivity contribution in [3.8, 4) is 0 Å². The lowest BCUT2D eigenvalue weighted by atomic mass is 10.1. The summed E-state index contributed by atoms with van der Waals surface area (Å²) in [5, 5.41) is 0. The summed E-state index contributed by atoms with van der Waals surface area (Å²) in [6.45, 7) is 0.191. The first-order valence-corrected chi connectivity index (χ1v) is 6.04. The van der Waals surface area contributed by atoms with Gasteiger partial charge in [-0.25, -0.2) is 13.2 Å². The van der Waals surface area contributed by atoms with Crippen molar-refractivity contribution in [1.82, 2.24) is 0 Å². The van der Waals surface area contributed by atoms with Crippen molar-refractivity contribution >= 4 is 25.7 Å². The van der Waals surface area contributed by atoms with E-state index in [1.807, 2.05) is 0 Å². The third-order valence-electron chi connectivity index (χ3n) is 1.94. The van der Waals surface area contributed by atoms with Gasteiger partial charge in [0.1, 0.15) is 6.61 Å². The van der Waals surface area contributed by atoms with Gasteiger partial charge in [-0.2, -0.15) is 0 Å². The second-order valence-electron chi connectivity index (χ2n) is 2.83. The Labute approximate surface area is 84.9 Å². The van der Waals surface area contributed by atoms with E-state index in [1.54, 1.807) is 0 Å². The van der Waals surface area contributed by atoms with Crippen LogP contribution in [0.2, 0.25) is 0 Å². The number of hydrogen-bond acceptors (Lipinski definition) is 4. The molecule has 6 heteroatoms. The van der Waals surface area contributed by atoms with E-state index in [2.05, 4.69) is 0 Å². The minimum atomic E-state index is -3.78. The van der Waals surface area contributed by atoms with Crippen LogP contribution in [0.3, 0.4) is 0 Å². The van der Waals surface area contributed by atoms with Crippen LogP contribution in [0.25, 0.3) is 0 Å². The number of hydrogen-bond donors (Lipinski definition) is 0. The maximum atomic E-state index is 11.1. The Morgan fingerprint density at radius 2 is 2.07 bits per heavy atom. The highest BCUT2D eigenvalue weighted by Gasteiger charge is 2.23. The number of esters is 1. The Bertz CT molecular complexity index is 506. The summed E-state index contributed by atoms with van der Waals surface area (Å²) in [7, 11) is 1.34. The van der Waals surface area contributed by atoms with Gasteiger partial charge in [-0.1, -0.05) is 6.07 Å². The molecular weight excluding hydrogens is 228 g/mol. The molecule has 0 saturated heterocycles. The van der Waals surface area contributed by atoms with E-state index in [-0.39, 0.29) is 17.1 Å². The van der Waals surface area contributed by atoms with Crippen LogP contribution in [0.5, 0.6) is 0 Å². The highest BCUT2D eigenvalue weighted by molar-refractivity contribution is 8.13. The first kappa shape index (κ1) is 9.48. The topological polar surface area (TPSA) is 60.4 Å². The quantitative estimate of drug-likeness (QED) is 0.541. The fourth-order valence-corrected chi connectivity index (χ4v) is 2.02. The molecule has 2 rings (SSSR count). The van der Waals surface area contributed by atoms with Crippen LogP contribution in [-0.2, 0) is 20.4 Å². The van der Waals surface area contributed by atoms with Crippen LogP contribution < -0.4 is 0 Å². The van der Waals surface area contributed by atoms with Gasteiger partial charge >= 0.3 is 5.97 Å². The molecule has 14 heavy (non-hydrogen) atoms. The standard InChI is InChI=1S/C8H5ClO4S/c9-14(11,12)6-2-1-5-4-13-8(10)7(5)3-6/h1-3H,4H2. The summed E-state index contributed by atoms with van der Waals surface area (Å²) in [6.07, 6.45) is 0. The molecule has 1 heterocycles. The van der Waals surface area contributed by atoms with Gasteiger partial charge in [-0.3, -0.25) is 0 Å². The van der Waals surface area contributed by atoms with Crippen molar-refractivity contribution in [2.24, 2.45) is 0 Å². The van der Waals surface area contributed by atoms with Gasteiger partial charge in [-0.15, -0.1) is 0 Å². The van der Waals surface area contributed by atoms with Gasteiger partial charge in [0.05, 0.1) is 10.5 Å². The molecule has 0 N–H and O–H groups in total. The van der Waals surface area contributed by atoms with Gasteiger partial charge in [0, 0.05) is 16.2 Å². The molecule has 1 aliphatic rings. The second-order valence-corrected chi connectivity index (χ2v) is 5.40. The number of rotatable bonds is 1. The molecule has 0 spiro atoms. The average molecular weight is 233 g/mol. The number of halogens is 1. The van der Waals surface area contributed by atoms with E-state index in [0.717, 1.165) is 0 Å². The molecule has 0 unspecified atom stereocenters. The third kappa shape index (κ3) is 1.49. The number of benzene rings is 1. The molecule has 0 aromatic heterocycles. The molecule has 1 aromatic rings. The highest BCUT2D eigenvalue weighted by atomic mass is 35.7. The molecule has 0 bridgehead atoms. The summed E-state index contributed by atoms with van der Waals surface area (Å²) >= 11 is 0. The number of fused-ring (bicyclic) bond motifs is 1. The molecule has 0 saturated carbocycles. The molecule has 0 atom stereocenters. The molecule has 1 aliphatic heterocycles. The van der Waals surface area contributed by atoms with Gasteiger partial charge < -0.3 is 4.74 Å². The monoisotopic (exact) mass is 232 g/mol. The zero-order valence-corrected chi connectivity index (χ0v) is 8.43. The maximum Gasteiger partial charge on any atom is 0.338 e. The van der Waals surface area contributed by atoms with Crippen molar-refractivity contribution in [3.05, 3.63) is 29.3 Å². The van der Waals surface area contributed by atoms with Crippen molar-refractivity contribution < 1.29 is 17.9 Å².